The minimum absolute atomic E-state index is 0.157. The lowest BCUT2D eigenvalue weighted by Gasteiger charge is -2.13. The Hall–Kier alpha value is -2.06. The van der Waals surface area contributed by atoms with Crippen molar-refractivity contribution in [3.63, 3.8) is 0 Å². The first-order valence-electron chi connectivity index (χ1n) is 7.21. The molecule has 0 aliphatic rings. The maximum Gasteiger partial charge on any atom is 0.288 e. The summed E-state index contributed by atoms with van der Waals surface area (Å²) in [5.41, 5.74) is 0.857. The Kier molecular flexibility index (Phi) is 6.83. The molecule has 0 aliphatic carbocycles. The largest absolute Gasteiger partial charge is 0.339 e. The molecule has 0 fully saturated rings. The predicted octanol–water partition coefficient (Wildman–Crippen LogP) is 5.03. The summed E-state index contributed by atoms with van der Waals surface area (Å²) in [7, 11) is 3.30. The highest BCUT2D eigenvalue weighted by molar-refractivity contribution is 8.13. The summed E-state index contributed by atoms with van der Waals surface area (Å²) in [6.07, 6.45) is 0. The number of alkyl halides is 2. The maximum atomic E-state index is 12.3. The third kappa shape index (κ3) is 5.75. The molecule has 132 valence electrons. The number of thioether (sulfide) groups is 2. The van der Waals surface area contributed by atoms with E-state index in [4.69, 9.17) is 0 Å². The maximum absolute atomic E-state index is 12.3. The normalized spacial score (nSPS) is 10.6. The fourth-order valence-corrected chi connectivity index (χ4v) is 3.07. The van der Waals surface area contributed by atoms with E-state index < -0.39 is 5.76 Å². The summed E-state index contributed by atoms with van der Waals surface area (Å²) in [4.78, 5) is 26.7. The topological polar surface area (TPSA) is 49.4 Å². The van der Waals surface area contributed by atoms with Gasteiger partial charge in [-0.05, 0) is 48.2 Å². The van der Waals surface area contributed by atoms with Gasteiger partial charge in [-0.15, -0.1) is 0 Å². The van der Waals surface area contributed by atoms with Crippen LogP contribution in [0.15, 0.2) is 58.3 Å². The van der Waals surface area contributed by atoms with Crippen molar-refractivity contribution in [2.24, 2.45) is 0 Å². The molecule has 25 heavy (non-hydrogen) atoms. The van der Waals surface area contributed by atoms with Crippen molar-refractivity contribution in [2.75, 3.05) is 19.4 Å². The average Bonchev–Trinajstić information content (AvgIpc) is 2.56. The zero-order chi connectivity index (χ0) is 18.4. The molecule has 0 saturated heterocycles. The van der Waals surface area contributed by atoms with Gasteiger partial charge < -0.3 is 10.2 Å². The highest BCUT2D eigenvalue weighted by Crippen LogP contribution is 2.29. The molecule has 0 aliphatic heterocycles. The Morgan fingerprint density at radius 3 is 2.28 bits per heavy atom. The van der Waals surface area contributed by atoms with Gasteiger partial charge in [-0.25, -0.2) is 0 Å². The van der Waals surface area contributed by atoms with Gasteiger partial charge in [0.25, 0.3) is 16.9 Å². The molecule has 2 rings (SSSR count). The number of halogens is 2. The number of carbonyl (C=O) groups excluding carboxylic acids is 2. The summed E-state index contributed by atoms with van der Waals surface area (Å²) in [5, 5.41) is 2.59. The number of carbonyl (C=O) groups is 2. The van der Waals surface area contributed by atoms with E-state index >= 15 is 0 Å². The number of amides is 2. The number of para-hydroxylation sites is 1. The fraction of sp³-hybridized carbons (Fsp3) is 0.176. The van der Waals surface area contributed by atoms with Gasteiger partial charge in [-0.2, -0.15) is 8.78 Å². The molecule has 2 amide bonds. The first-order chi connectivity index (χ1) is 11.9. The second-order valence-electron chi connectivity index (χ2n) is 5.12. The van der Waals surface area contributed by atoms with Crippen LogP contribution >= 0.6 is 23.5 Å². The Morgan fingerprint density at radius 1 is 1.04 bits per heavy atom. The van der Waals surface area contributed by atoms with Gasteiger partial charge in [0.15, 0.2) is 0 Å². The summed E-state index contributed by atoms with van der Waals surface area (Å²) >= 11 is 1.43. The SMILES string of the molecule is CN(C)C(=O)Sc1ccccc1NC(=O)c1ccc(SC(F)F)cc1. The van der Waals surface area contributed by atoms with Gasteiger partial charge >= 0.3 is 0 Å². The zero-order valence-electron chi connectivity index (χ0n) is 13.5. The lowest BCUT2D eigenvalue weighted by Crippen LogP contribution is -2.17. The standard InChI is InChI=1S/C17H16F2N2O2S2/c1-21(2)17(23)25-14-6-4-3-5-13(14)20-15(22)11-7-9-12(10-8-11)24-16(18)19/h3-10,16H,1-2H3,(H,20,22). The highest BCUT2D eigenvalue weighted by atomic mass is 32.2. The van der Waals surface area contributed by atoms with Crippen molar-refractivity contribution in [2.45, 2.75) is 15.5 Å². The molecular weight excluding hydrogens is 366 g/mol. The van der Waals surface area contributed by atoms with Crippen LogP contribution in [-0.2, 0) is 0 Å². The van der Waals surface area contributed by atoms with Crippen LogP contribution in [0.25, 0.3) is 0 Å². The van der Waals surface area contributed by atoms with E-state index in [1.165, 1.54) is 29.2 Å². The summed E-state index contributed by atoms with van der Waals surface area (Å²) in [6, 6.07) is 12.9. The number of hydrogen-bond donors (Lipinski definition) is 1. The molecule has 2 aromatic carbocycles. The van der Waals surface area contributed by atoms with Gasteiger partial charge in [0.2, 0.25) is 0 Å². The first-order valence-corrected chi connectivity index (χ1v) is 8.91. The number of hydrogen-bond acceptors (Lipinski definition) is 4. The fourth-order valence-electron chi connectivity index (χ4n) is 1.83. The van der Waals surface area contributed by atoms with Crippen LogP contribution in [0.4, 0.5) is 19.3 Å². The smallest absolute Gasteiger partial charge is 0.288 e. The van der Waals surface area contributed by atoms with Crippen LogP contribution in [0.5, 0.6) is 0 Å². The second kappa shape index (κ2) is 8.87. The molecule has 0 unspecified atom stereocenters. The van der Waals surface area contributed by atoms with E-state index in [1.54, 1.807) is 38.4 Å². The first kappa shape index (κ1) is 19.3. The van der Waals surface area contributed by atoms with Crippen molar-refractivity contribution in [3.05, 3.63) is 54.1 Å². The van der Waals surface area contributed by atoms with Gasteiger partial charge in [0.05, 0.1) is 5.69 Å². The second-order valence-corrected chi connectivity index (χ2v) is 7.17. The van der Waals surface area contributed by atoms with E-state index in [0.29, 0.717) is 32.8 Å². The zero-order valence-corrected chi connectivity index (χ0v) is 15.2. The Bertz CT molecular complexity index is 753. The molecule has 0 aromatic heterocycles. The lowest BCUT2D eigenvalue weighted by atomic mass is 10.2. The Labute approximate surface area is 153 Å². The highest BCUT2D eigenvalue weighted by Gasteiger charge is 2.14. The minimum Gasteiger partial charge on any atom is -0.339 e. The summed E-state index contributed by atoms with van der Waals surface area (Å²) in [5.74, 6) is -2.88. The molecular formula is C17H16F2N2O2S2. The molecule has 1 N–H and O–H groups in total. The molecule has 2 aromatic rings. The predicted molar refractivity (Wildman–Crippen MR) is 97.6 cm³/mol. The van der Waals surface area contributed by atoms with Crippen LogP contribution in [0.3, 0.4) is 0 Å². The van der Waals surface area contributed by atoms with Crippen LogP contribution in [-0.4, -0.2) is 35.9 Å². The van der Waals surface area contributed by atoms with E-state index in [1.807, 2.05) is 0 Å². The summed E-state index contributed by atoms with van der Waals surface area (Å²) < 4.78 is 24.6. The number of nitrogens with zero attached hydrogens (tertiary/aromatic N) is 1. The quantitative estimate of drug-likeness (QED) is 0.737. The third-order valence-electron chi connectivity index (χ3n) is 3.04. The van der Waals surface area contributed by atoms with Crippen molar-refractivity contribution in [3.8, 4) is 0 Å². The monoisotopic (exact) mass is 382 g/mol. The van der Waals surface area contributed by atoms with E-state index in [2.05, 4.69) is 5.32 Å². The van der Waals surface area contributed by atoms with Crippen molar-refractivity contribution in [1.29, 1.82) is 0 Å². The van der Waals surface area contributed by atoms with Crippen LogP contribution in [0.1, 0.15) is 10.4 Å². The van der Waals surface area contributed by atoms with Crippen molar-refractivity contribution < 1.29 is 18.4 Å². The van der Waals surface area contributed by atoms with E-state index in [9.17, 15) is 18.4 Å². The van der Waals surface area contributed by atoms with Gasteiger partial charge in [-0.3, -0.25) is 9.59 Å². The number of anilines is 1. The van der Waals surface area contributed by atoms with Crippen LogP contribution in [0, 0.1) is 0 Å². The molecule has 0 bridgehead atoms. The number of rotatable bonds is 5. The molecule has 0 spiro atoms. The summed E-state index contributed by atoms with van der Waals surface area (Å²) in [6.45, 7) is 0. The van der Waals surface area contributed by atoms with E-state index in [-0.39, 0.29) is 11.1 Å². The average molecular weight is 382 g/mol. The van der Waals surface area contributed by atoms with Gasteiger partial charge in [0.1, 0.15) is 0 Å². The third-order valence-corrected chi connectivity index (χ3v) is 4.88. The van der Waals surface area contributed by atoms with Crippen molar-refractivity contribution in [1.82, 2.24) is 4.90 Å². The minimum atomic E-state index is -2.50. The van der Waals surface area contributed by atoms with Gasteiger partial charge in [0, 0.05) is 29.4 Å². The van der Waals surface area contributed by atoms with Crippen LogP contribution < -0.4 is 5.32 Å². The molecule has 0 radical (unpaired) electrons. The molecule has 0 atom stereocenters. The molecule has 0 saturated carbocycles. The Balaban J connectivity index is 2.11. The Morgan fingerprint density at radius 2 is 1.68 bits per heavy atom. The van der Waals surface area contributed by atoms with E-state index in [0.717, 1.165) is 11.8 Å². The van der Waals surface area contributed by atoms with Crippen molar-refractivity contribution >= 4 is 40.4 Å². The molecule has 4 nitrogen and oxygen atoms in total. The van der Waals surface area contributed by atoms with Crippen LogP contribution in [0.2, 0.25) is 0 Å². The molecule has 8 heteroatoms. The molecule has 0 heterocycles. The lowest BCUT2D eigenvalue weighted by molar-refractivity contribution is 0.102. The number of benzene rings is 2. The number of nitrogens with one attached hydrogen (secondary N) is 1. The van der Waals surface area contributed by atoms with Gasteiger partial charge in [-0.1, -0.05) is 23.9 Å².